The molecule has 1 aromatic rings. The van der Waals surface area contributed by atoms with E-state index in [0.29, 0.717) is 5.92 Å². The first-order valence-electron chi connectivity index (χ1n) is 6.48. The molecular weight excluding hydrogens is 250 g/mol. The molecule has 2 heterocycles. The number of aliphatic carboxylic acids is 1. The van der Waals surface area contributed by atoms with Gasteiger partial charge in [-0.2, -0.15) is 4.37 Å². The monoisotopic (exact) mass is 269 g/mol. The van der Waals surface area contributed by atoms with Crippen molar-refractivity contribution in [3.05, 3.63) is 5.82 Å². The van der Waals surface area contributed by atoms with Crippen LogP contribution in [0.25, 0.3) is 0 Å². The second-order valence-electron chi connectivity index (χ2n) is 4.78. The molecule has 1 fully saturated rings. The summed E-state index contributed by atoms with van der Waals surface area (Å²) in [4.78, 5) is 17.3. The van der Waals surface area contributed by atoms with E-state index in [2.05, 4.69) is 21.2 Å². The summed E-state index contributed by atoms with van der Waals surface area (Å²) in [6.45, 7) is 4.03. The predicted molar refractivity (Wildman–Crippen MR) is 71.1 cm³/mol. The van der Waals surface area contributed by atoms with E-state index in [-0.39, 0.29) is 6.42 Å². The van der Waals surface area contributed by atoms with E-state index in [4.69, 9.17) is 5.11 Å². The molecule has 1 unspecified atom stereocenters. The zero-order valence-electron chi connectivity index (χ0n) is 10.6. The number of carbonyl (C=O) groups is 1. The topological polar surface area (TPSA) is 66.3 Å². The third-order valence-electron chi connectivity index (χ3n) is 3.25. The Kier molecular flexibility index (Phi) is 4.52. The summed E-state index contributed by atoms with van der Waals surface area (Å²) in [5, 5.41) is 9.68. The molecule has 2 rings (SSSR count). The van der Waals surface area contributed by atoms with Gasteiger partial charge in [-0.1, -0.05) is 6.92 Å². The number of carboxylic acid groups (broad SMARTS) is 1. The van der Waals surface area contributed by atoms with Crippen LogP contribution in [0.2, 0.25) is 0 Å². The van der Waals surface area contributed by atoms with E-state index in [1.165, 1.54) is 11.5 Å². The summed E-state index contributed by atoms with van der Waals surface area (Å²) in [5.74, 6) is 0.723. The van der Waals surface area contributed by atoms with Crippen molar-refractivity contribution in [1.82, 2.24) is 9.36 Å². The highest BCUT2D eigenvalue weighted by Crippen LogP contribution is 2.27. The number of aromatic nitrogens is 2. The maximum Gasteiger partial charge on any atom is 0.303 e. The molecule has 6 heteroatoms. The van der Waals surface area contributed by atoms with Gasteiger partial charge in [-0.3, -0.25) is 4.79 Å². The zero-order chi connectivity index (χ0) is 13.0. The van der Waals surface area contributed by atoms with Gasteiger partial charge in [0.05, 0.1) is 0 Å². The molecule has 0 bridgehead atoms. The lowest BCUT2D eigenvalue weighted by molar-refractivity contribution is -0.137. The van der Waals surface area contributed by atoms with Crippen molar-refractivity contribution in [2.45, 2.75) is 39.0 Å². The molecule has 0 amide bonds. The number of hydrogen-bond acceptors (Lipinski definition) is 5. The first-order chi connectivity index (χ1) is 8.69. The fourth-order valence-electron chi connectivity index (χ4n) is 2.27. The van der Waals surface area contributed by atoms with Gasteiger partial charge in [-0.25, -0.2) is 4.98 Å². The number of hydrogen-bond donors (Lipinski definition) is 1. The maximum atomic E-state index is 10.5. The Bertz CT molecular complexity index is 408. The quantitative estimate of drug-likeness (QED) is 0.857. The molecule has 0 radical (unpaired) electrons. The van der Waals surface area contributed by atoms with Crippen LogP contribution in [-0.2, 0) is 11.2 Å². The Morgan fingerprint density at radius 3 is 3.17 bits per heavy atom. The molecule has 1 aromatic heterocycles. The fourth-order valence-corrected chi connectivity index (χ4v) is 3.01. The van der Waals surface area contributed by atoms with Gasteiger partial charge in [0.2, 0.25) is 5.13 Å². The second kappa shape index (κ2) is 6.13. The largest absolute Gasteiger partial charge is 0.481 e. The Morgan fingerprint density at radius 2 is 2.44 bits per heavy atom. The molecule has 0 aliphatic carbocycles. The number of rotatable bonds is 6. The van der Waals surface area contributed by atoms with Crippen molar-refractivity contribution >= 4 is 22.6 Å². The van der Waals surface area contributed by atoms with Crippen LogP contribution >= 0.6 is 11.5 Å². The van der Waals surface area contributed by atoms with Crippen LogP contribution in [0.3, 0.4) is 0 Å². The molecule has 0 spiro atoms. The Labute approximate surface area is 111 Å². The van der Waals surface area contributed by atoms with Gasteiger partial charge in [0, 0.05) is 37.5 Å². The minimum Gasteiger partial charge on any atom is -0.481 e. The van der Waals surface area contributed by atoms with Gasteiger partial charge < -0.3 is 10.0 Å². The molecule has 1 N–H and O–H groups in total. The zero-order valence-corrected chi connectivity index (χ0v) is 11.4. The maximum absolute atomic E-state index is 10.5. The Morgan fingerprint density at radius 1 is 1.61 bits per heavy atom. The summed E-state index contributed by atoms with van der Waals surface area (Å²) in [7, 11) is 0. The van der Waals surface area contributed by atoms with Crippen LogP contribution in [0.1, 0.15) is 38.4 Å². The predicted octanol–water partition coefficient (Wildman–Crippen LogP) is 2.18. The third-order valence-corrected chi connectivity index (χ3v) is 4.07. The lowest BCUT2D eigenvalue weighted by Gasteiger charge is -2.13. The van der Waals surface area contributed by atoms with Crippen LogP contribution in [-0.4, -0.2) is 33.5 Å². The van der Waals surface area contributed by atoms with Gasteiger partial charge in [-0.15, -0.1) is 0 Å². The summed E-state index contributed by atoms with van der Waals surface area (Å²) in [6, 6.07) is 0. The second-order valence-corrected chi connectivity index (χ2v) is 5.51. The van der Waals surface area contributed by atoms with Gasteiger partial charge in [0.1, 0.15) is 5.82 Å². The van der Waals surface area contributed by atoms with Gasteiger partial charge >= 0.3 is 5.97 Å². The van der Waals surface area contributed by atoms with E-state index in [0.717, 1.165) is 49.7 Å². The normalized spacial score (nSPS) is 19.4. The number of nitrogens with zero attached hydrogens (tertiary/aromatic N) is 3. The van der Waals surface area contributed by atoms with Crippen molar-refractivity contribution in [2.75, 3.05) is 18.0 Å². The summed E-state index contributed by atoms with van der Waals surface area (Å²) >= 11 is 1.46. The molecule has 1 aliphatic rings. The average molecular weight is 269 g/mol. The van der Waals surface area contributed by atoms with E-state index in [9.17, 15) is 4.79 Å². The molecule has 1 atom stereocenters. The van der Waals surface area contributed by atoms with Crippen molar-refractivity contribution in [3.63, 3.8) is 0 Å². The molecule has 1 saturated heterocycles. The van der Waals surface area contributed by atoms with Crippen LogP contribution in [0, 0.1) is 5.92 Å². The van der Waals surface area contributed by atoms with Crippen LogP contribution in [0.5, 0.6) is 0 Å². The minimum atomic E-state index is -0.699. The molecule has 0 saturated carbocycles. The highest BCUT2D eigenvalue weighted by atomic mass is 32.1. The smallest absolute Gasteiger partial charge is 0.303 e. The average Bonchev–Trinajstić information content (AvgIpc) is 2.94. The Balaban J connectivity index is 1.85. The van der Waals surface area contributed by atoms with E-state index in [1.54, 1.807) is 0 Å². The van der Waals surface area contributed by atoms with Crippen molar-refractivity contribution in [1.29, 1.82) is 0 Å². The molecule has 100 valence electrons. The fraction of sp³-hybridized carbons (Fsp3) is 0.750. The number of anilines is 1. The van der Waals surface area contributed by atoms with Crippen LogP contribution in [0.15, 0.2) is 0 Å². The molecule has 18 heavy (non-hydrogen) atoms. The number of carboxylic acids is 1. The lowest BCUT2D eigenvalue weighted by Crippen LogP contribution is -2.19. The van der Waals surface area contributed by atoms with Crippen molar-refractivity contribution in [3.8, 4) is 0 Å². The minimum absolute atomic E-state index is 0.274. The summed E-state index contributed by atoms with van der Waals surface area (Å²) in [5.41, 5.74) is 0. The van der Waals surface area contributed by atoms with Crippen molar-refractivity contribution < 1.29 is 9.90 Å². The first-order valence-corrected chi connectivity index (χ1v) is 7.25. The molecule has 1 aliphatic heterocycles. The van der Waals surface area contributed by atoms with Gasteiger partial charge in [0.25, 0.3) is 0 Å². The SMILES string of the molecule is CCCc1nsc(N2CCC(CCC(=O)O)C2)n1. The standard InChI is InChI=1S/C12H19N3O2S/c1-2-3-10-13-12(18-14-10)15-7-6-9(8-15)4-5-11(16)17/h9H,2-8H2,1H3,(H,16,17). The van der Waals surface area contributed by atoms with E-state index >= 15 is 0 Å². The summed E-state index contributed by atoms with van der Waals surface area (Å²) < 4.78 is 4.34. The van der Waals surface area contributed by atoms with Gasteiger partial charge in [0.15, 0.2) is 0 Å². The highest BCUT2D eigenvalue weighted by molar-refractivity contribution is 7.09. The molecule has 0 aromatic carbocycles. The lowest BCUT2D eigenvalue weighted by atomic mass is 10.0. The van der Waals surface area contributed by atoms with E-state index < -0.39 is 5.97 Å². The van der Waals surface area contributed by atoms with Crippen molar-refractivity contribution in [2.24, 2.45) is 5.92 Å². The van der Waals surface area contributed by atoms with Crippen LogP contribution < -0.4 is 4.90 Å². The highest BCUT2D eigenvalue weighted by Gasteiger charge is 2.25. The van der Waals surface area contributed by atoms with E-state index in [1.807, 2.05) is 0 Å². The van der Waals surface area contributed by atoms with Crippen LogP contribution in [0.4, 0.5) is 5.13 Å². The molecular formula is C12H19N3O2S. The van der Waals surface area contributed by atoms with Gasteiger partial charge in [-0.05, 0) is 25.2 Å². The Hall–Kier alpha value is -1.17. The first kappa shape index (κ1) is 13.3. The molecule has 5 nitrogen and oxygen atoms in total. The number of aryl methyl sites for hydroxylation is 1. The summed E-state index contributed by atoms with van der Waals surface area (Å²) in [6.07, 6.45) is 4.11. The third kappa shape index (κ3) is 3.41.